The van der Waals surface area contributed by atoms with E-state index in [2.05, 4.69) is 19.2 Å². The Morgan fingerprint density at radius 2 is 1.89 bits per heavy atom. The maximum absolute atomic E-state index is 11.3. The molecule has 0 spiro atoms. The van der Waals surface area contributed by atoms with Gasteiger partial charge in [-0.25, -0.2) is 8.42 Å². The first-order valence-corrected chi connectivity index (χ1v) is 8.64. The molecular weight excluding hydrogens is 250 g/mol. The molecule has 0 rings (SSSR count). The molecule has 0 radical (unpaired) electrons. The van der Waals surface area contributed by atoms with Crippen LogP contribution >= 0.6 is 0 Å². The van der Waals surface area contributed by atoms with E-state index in [1.54, 1.807) is 13.8 Å². The molecule has 0 aromatic heterocycles. The zero-order valence-corrected chi connectivity index (χ0v) is 13.0. The zero-order valence-electron chi connectivity index (χ0n) is 12.2. The molecule has 0 amide bonds. The minimum Gasteiger partial charge on any atom is -0.390 e. The van der Waals surface area contributed by atoms with Crippen molar-refractivity contribution in [1.82, 2.24) is 5.32 Å². The molecule has 0 aliphatic rings. The summed E-state index contributed by atoms with van der Waals surface area (Å²) >= 11 is 0. The van der Waals surface area contributed by atoms with Crippen molar-refractivity contribution in [3.63, 3.8) is 0 Å². The van der Waals surface area contributed by atoms with Crippen molar-refractivity contribution in [3.05, 3.63) is 0 Å². The van der Waals surface area contributed by atoms with Crippen LogP contribution in [0.5, 0.6) is 0 Å². The van der Waals surface area contributed by atoms with Crippen molar-refractivity contribution in [1.29, 1.82) is 0 Å². The highest BCUT2D eigenvalue weighted by atomic mass is 32.2. The van der Waals surface area contributed by atoms with Crippen LogP contribution in [0.15, 0.2) is 0 Å². The fraction of sp³-hybridized carbons (Fsp3) is 1.00. The summed E-state index contributed by atoms with van der Waals surface area (Å²) < 4.78 is 22.7. The Balaban J connectivity index is 3.80. The standard InChI is InChI=1S/C13H29NO3S/c1-5-18(16,17)10-6-7-13(4,15)8-9-14-11-12(2)3/h12,14-15H,5-11H2,1-4H3. The third kappa shape index (κ3) is 9.85. The molecule has 0 saturated heterocycles. The maximum Gasteiger partial charge on any atom is 0.150 e. The monoisotopic (exact) mass is 279 g/mol. The quantitative estimate of drug-likeness (QED) is 0.596. The Labute approximate surface area is 112 Å². The van der Waals surface area contributed by atoms with Gasteiger partial charge in [-0.15, -0.1) is 0 Å². The van der Waals surface area contributed by atoms with Gasteiger partial charge in [-0.1, -0.05) is 20.8 Å². The zero-order chi connectivity index (χ0) is 14.2. The van der Waals surface area contributed by atoms with E-state index in [9.17, 15) is 13.5 Å². The maximum atomic E-state index is 11.3. The number of nitrogens with one attached hydrogen (secondary N) is 1. The third-order valence-corrected chi connectivity index (χ3v) is 4.79. The van der Waals surface area contributed by atoms with E-state index in [1.165, 1.54) is 0 Å². The van der Waals surface area contributed by atoms with Gasteiger partial charge in [0.25, 0.3) is 0 Å². The summed E-state index contributed by atoms with van der Waals surface area (Å²) in [5.74, 6) is 0.967. The number of hydrogen-bond donors (Lipinski definition) is 2. The van der Waals surface area contributed by atoms with Crippen molar-refractivity contribution in [3.8, 4) is 0 Å². The Kier molecular flexibility index (Phi) is 8.06. The molecule has 18 heavy (non-hydrogen) atoms. The highest BCUT2D eigenvalue weighted by Crippen LogP contribution is 2.16. The number of aliphatic hydroxyl groups is 1. The van der Waals surface area contributed by atoms with Gasteiger partial charge in [0.1, 0.15) is 9.84 Å². The van der Waals surface area contributed by atoms with Gasteiger partial charge >= 0.3 is 0 Å². The largest absolute Gasteiger partial charge is 0.390 e. The smallest absolute Gasteiger partial charge is 0.150 e. The van der Waals surface area contributed by atoms with Crippen LogP contribution in [0.2, 0.25) is 0 Å². The molecule has 0 fully saturated rings. The number of hydrogen-bond acceptors (Lipinski definition) is 4. The van der Waals surface area contributed by atoms with E-state index in [-0.39, 0.29) is 11.5 Å². The van der Waals surface area contributed by atoms with Crippen LogP contribution in [0.25, 0.3) is 0 Å². The highest BCUT2D eigenvalue weighted by Gasteiger charge is 2.20. The van der Waals surface area contributed by atoms with E-state index in [1.807, 2.05) is 0 Å². The minimum absolute atomic E-state index is 0.180. The van der Waals surface area contributed by atoms with Crippen LogP contribution in [0, 0.1) is 5.92 Å². The molecule has 2 N–H and O–H groups in total. The number of sulfone groups is 1. The molecule has 5 heteroatoms. The van der Waals surface area contributed by atoms with Crippen LogP contribution in [0.4, 0.5) is 0 Å². The molecule has 1 atom stereocenters. The van der Waals surface area contributed by atoms with E-state index in [0.29, 0.717) is 25.2 Å². The van der Waals surface area contributed by atoms with E-state index < -0.39 is 15.4 Å². The Bertz CT molecular complexity index is 310. The van der Waals surface area contributed by atoms with Gasteiger partial charge in [0.2, 0.25) is 0 Å². The lowest BCUT2D eigenvalue weighted by atomic mass is 9.96. The van der Waals surface area contributed by atoms with E-state index >= 15 is 0 Å². The molecular formula is C13H29NO3S. The fourth-order valence-electron chi connectivity index (χ4n) is 1.69. The van der Waals surface area contributed by atoms with Crippen molar-refractivity contribution in [2.45, 2.75) is 52.6 Å². The van der Waals surface area contributed by atoms with Crippen molar-refractivity contribution >= 4 is 9.84 Å². The third-order valence-electron chi connectivity index (χ3n) is 3.00. The van der Waals surface area contributed by atoms with Crippen molar-refractivity contribution < 1.29 is 13.5 Å². The van der Waals surface area contributed by atoms with Gasteiger partial charge in [0, 0.05) is 5.75 Å². The first-order chi connectivity index (χ1) is 8.18. The van der Waals surface area contributed by atoms with Gasteiger partial charge in [0.05, 0.1) is 11.4 Å². The van der Waals surface area contributed by atoms with E-state index in [4.69, 9.17) is 0 Å². The lowest BCUT2D eigenvalue weighted by Crippen LogP contribution is -2.31. The van der Waals surface area contributed by atoms with E-state index in [0.717, 1.165) is 13.1 Å². The first-order valence-electron chi connectivity index (χ1n) is 6.82. The molecule has 0 heterocycles. The van der Waals surface area contributed by atoms with Crippen molar-refractivity contribution in [2.75, 3.05) is 24.6 Å². The predicted octanol–water partition coefficient (Wildman–Crippen LogP) is 1.59. The molecule has 0 saturated carbocycles. The molecule has 1 unspecified atom stereocenters. The summed E-state index contributed by atoms with van der Waals surface area (Å²) in [6.45, 7) is 9.43. The van der Waals surface area contributed by atoms with Gasteiger partial charge < -0.3 is 10.4 Å². The van der Waals surface area contributed by atoms with Crippen LogP contribution in [-0.2, 0) is 9.84 Å². The molecule has 0 aromatic rings. The second kappa shape index (κ2) is 8.12. The molecule has 0 aliphatic carbocycles. The first kappa shape index (κ1) is 17.9. The topological polar surface area (TPSA) is 66.4 Å². The second-order valence-electron chi connectivity index (χ2n) is 5.68. The molecule has 0 aliphatic heterocycles. The molecule has 110 valence electrons. The van der Waals surface area contributed by atoms with Crippen LogP contribution < -0.4 is 5.32 Å². The molecule has 0 aromatic carbocycles. The van der Waals surface area contributed by atoms with Gasteiger partial charge in [0.15, 0.2) is 0 Å². The van der Waals surface area contributed by atoms with Crippen molar-refractivity contribution in [2.24, 2.45) is 5.92 Å². The summed E-state index contributed by atoms with van der Waals surface area (Å²) in [7, 11) is -2.91. The lowest BCUT2D eigenvalue weighted by molar-refractivity contribution is 0.0416. The molecule has 0 bridgehead atoms. The SMILES string of the molecule is CCS(=O)(=O)CCCC(C)(O)CCNCC(C)C. The summed E-state index contributed by atoms with van der Waals surface area (Å²) in [5, 5.41) is 13.4. The predicted molar refractivity (Wildman–Crippen MR) is 76.5 cm³/mol. The average molecular weight is 279 g/mol. The summed E-state index contributed by atoms with van der Waals surface area (Å²) in [5.41, 5.74) is -0.771. The fourth-order valence-corrected chi connectivity index (χ4v) is 2.56. The van der Waals surface area contributed by atoms with Crippen LogP contribution in [0.3, 0.4) is 0 Å². The molecule has 4 nitrogen and oxygen atoms in total. The second-order valence-corrected chi connectivity index (χ2v) is 8.16. The summed E-state index contributed by atoms with van der Waals surface area (Å²) in [4.78, 5) is 0. The Hall–Kier alpha value is -0.130. The number of rotatable bonds is 10. The van der Waals surface area contributed by atoms with Gasteiger partial charge in [-0.3, -0.25) is 0 Å². The summed E-state index contributed by atoms with van der Waals surface area (Å²) in [6.07, 6.45) is 1.73. The minimum atomic E-state index is -2.91. The van der Waals surface area contributed by atoms with Gasteiger partial charge in [-0.05, 0) is 45.2 Å². The highest BCUT2D eigenvalue weighted by molar-refractivity contribution is 7.91. The van der Waals surface area contributed by atoms with Gasteiger partial charge in [-0.2, -0.15) is 0 Å². The Morgan fingerprint density at radius 3 is 2.39 bits per heavy atom. The normalized spacial score (nSPS) is 15.9. The summed E-state index contributed by atoms with van der Waals surface area (Å²) in [6, 6.07) is 0. The lowest BCUT2D eigenvalue weighted by Gasteiger charge is -2.23. The van der Waals surface area contributed by atoms with Crippen LogP contribution in [0.1, 0.15) is 47.0 Å². The van der Waals surface area contributed by atoms with Crippen LogP contribution in [-0.4, -0.2) is 43.7 Å². The average Bonchev–Trinajstić information content (AvgIpc) is 2.24. The Morgan fingerprint density at radius 1 is 1.28 bits per heavy atom.